The van der Waals surface area contributed by atoms with E-state index in [0.717, 1.165) is 26.8 Å². The molecule has 4 rings (SSSR count). The number of para-hydroxylation sites is 1. The van der Waals surface area contributed by atoms with Crippen LogP contribution in [0.15, 0.2) is 70.5 Å². The van der Waals surface area contributed by atoms with Crippen LogP contribution in [0.25, 0.3) is 28.0 Å². The standard InChI is InChI=1S/C19H12O3S/c20-19(10-8-14-4-3-11-23-14)21-13-7-9-18-16(12-13)15-5-1-2-6-17(15)22-18/h1-12H. The molecule has 0 saturated carbocycles. The molecule has 0 atom stereocenters. The van der Waals surface area contributed by atoms with Gasteiger partial charge in [0.2, 0.25) is 0 Å². The fourth-order valence-corrected chi connectivity index (χ4v) is 3.07. The third-order valence-electron chi connectivity index (χ3n) is 3.49. The largest absolute Gasteiger partial charge is 0.456 e. The Kier molecular flexibility index (Phi) is 3.44. The normalized spacial score (nSPS) is 11.5. The molecule has 0 N–H and O–H groups in total. The summed E-state index contributed by atoms with van der Waals surface area (Å²) in [5.41, 5.74) is 1.60. The summed E-state index contributed by atoms with van der Waals surface area (Å²) in [6, 6.07) is 17.1. The van der Waals surface area contributed by atoms with Crippen molar-refractivity contribution in [1.29, 1.82) is 0 Å². The van der Waals surface area contributed by atoms with Crippen LogP contribution in [0.5, 0.6) is 5.75 Å². The molecule has 0 aliphatic carbocycles. The quantitative estimate of drug-likeness (QED) is 0.293. The summed E-state index contributed by atoms with van der Waals surface area (Å²) in [6.07, 6.45) is 3.18. The minimum absolute atomic E-state index is 0.398. The number of hydrogen-bond donors (Lipinski definition) is 0. The van der Waals surface area contributed by atoms with E-state index >= 15 is 0 Å². The third-order valence-corrected chi connectivity index (χ3v) is 4.33. The lowest BCUT2D eigenvalue weighted by Gasteiger charge is -2.00. The highest BCUT2D eigenvalue weighted by Crippen LogP contribution is 2.31. The van der Waals surface area contributed by atoms with Gasteiger partial charge in [-0.1, -0.05) is 24.3 Å². The highest BCUT2D eigenvalue weighted by Gasteiger charge is 2.08. The van der Waals surface area contributed by atoms with Crippen molar-refractivity contribution in [3.8, 4) is 5.75 Å². The number of ether oxygens (including phenoxy) is 1. The molecule has 0 bridgehead atoms. The summed E-state index contributed by atoms with van der Waals surface area (Å²) in [5, 5.41) is 3.91. The van der Waals surface area contributed by atoms with Crippen molar-refractivity contribution in [3.63, 3.8) is 0 Å². The number of rotatable bonds is 3. The Morgan fingerprint density at radius 1 is 1.00 bits per heavy atom. The van der Waals surface area contributed by atoms with Crippen molar-refractivity contribution in [2.45, 2.75) is 0 Å². The Bertz CT molecular complexity index is 1010. The predicted molar refractivity (Wildman–Crippen MR) is 92.7 cm³/mol. The molecule has 2 heterocycles. The first kappa shape index (κ1) is 13.8. The van der Waals surface area contributed by atoms with Crippen LogP contribution in [0.3, 0.4) is 0 Å². The van der Waals surface area contributed by atoms with E-state index < -0.39 is 5.97 Å². The SMILES string of the molecule is O=C(C=Cc1cccs1)Oc1ccc2oc3ccccc3c2c1. The average molecular weight is 320 g/mol. The van der Waals surface area contributed by atoms with Gasteiger partial charge in [-0.3, -0.25) is 0 Å². The van der Waals surface area contributed by atoms with Crippen LogP contribution < -0.4 is 4.74 Å². The van der Waals surface area contributed by atoms with Gasteiger partial charge in [-0.05, 0) is 41.8 Å². The van der Waals surface area contributed by atoms with Gasteiger partial charge in [0, 0.05) is 21.7 Å². The molecule has 23 heavy (non-hydrogen) atoms. The third kappa shape index (κ3) is 2.76. The Hall–Kier alpha value is -2.85. The van der Waals surface area contributed by atoms with Gasteiger partial charge >= 0.3 is 5.97 Å². The van der Waals surface area contributed by atoms with Gasteiger partial charge in [-0.15, -0.1) is 11.3 Å². The van der Waals surface area contributed by atoms with Gasteiger partial charge < -0.3 is 9.15 Å². The van der Waals surface area contributed by atoms with Crippen molar-refractivity contribution in [2.75, 3.05) is 0 Å². The summed E-state index contributed by atoms with van der Waals surface area (Å²) in [5.74, 6) is 0.107. The second-order valence-corrected chi connectivity index (χ2v) is 6.01. The average Bonchev–Trinajstić information content (AvgIpc) is 3.20. The smallest absolute Gasteiger partial charge is 0.336 e. The number of hydrogen-bond acceptors (Lipinski definition) is 4. The van der Waals surface area contributed by atoms with Gasteiger partial charge in [0.25, 0.3) is 0 Å². The summed E-state index contributed by atoms with van der Waals surface area (Å²) >= 11 is 1.57. The summed E-state index contributed by atoms with van der Waals surface area (Å²) in [7, 11) is 0. The second-order valence-electron chi connectivity index (χ2n) is 5.03. The zero-order valence-corrected chi connectivity index (χ0v) is 12.9. The van der Waals surface area contributed by atoms with Gasteiger partial charge in [0.15, 0.2) is 0 Å². The van der Waals surface area contributed by atoms with Gasteiger partial charge in [-0.25, -0.2) is 4.79 Å². The summed E-state index contributed by atoms with van der Waals surface area (Å²) < 4.78 is 11.1. The maximum absolute atomic E-state index is 11.9. The zero-order valence-electron chi connectivity index (χ0n) is 12.1. The molecule has 3 nitrogen and oxygen atoms in total. The molecule has 112 valence electrons. The van der Waals surface area contributed by atoms with E-state index in [1.54, 1.807) is 23.5 Å². The van der Waals surface area contributed by atoms with Gasteiger partial charge in [0.05, 0.1) is 0 Å². The lowest BCUT2D eigenvalue weighted by Crippen LogP contribution is -2.03. The maximum atomic E-state index is 11.9. The molecule has 4 aromatic rings. The van der Waals surface area contributed by atoms with E-state index in [2.05, 4.69) is 0 Å². The molecule has 0 radical (unpaired) electrons. The molecule has 0 unspecified atom stereocenters. The van der Waals surface area contributed by atoms with Gasteiger partial charge in [-0.2, -0.15) is 0 Å². The molecule has 4 heteroatoms. The molecule has 2 aromatic carbocycles. The Morgan fingerprint density at radius 2 is 1.87 bits per heavy atom. The number of esters is 1. The molecule has 0 aliphatic rings. The van der Waals surface area contributed by atoms with Crippen LogP contribution in [-0.4, -0.2) is 5.97 Å². The number of carbonyl (C=O) groups is 1. The Labute approximate surface area is 136 Å². The van der Waals surface area contributed by atoms with Crippen LogP contribution in [-0.2, 0) is 4.79 Å². The van der Waals surface area contributed by atoms with Crippen molar-refractivity contribution < 1.29 is 13.9 Å². The number of fused-ring (bicyclic) bond motifs is 3. The number of furan rings is 1. The van der Waals surface area contributed by atoms with E-state index in [-0.39, 0.29) is 0 Å². The molecular formula is C19H12O3S. The fourth-order valence-electron chi connectivity index (χ4n) is 2.46. The highest BCUT2D eigenvalue weighted by atomic mass is 32.1. The maximum Gasteiger partial charge on any atom is 0.336 e. The van der Waals surface area contributed by atoms with Crippen LogP contribution in [0.4, 0.5) is 0 Å². The Balaban J connectivity index is 1.61. The van der Waals surface area contributed by atoms with Crippen molar-refractivity contribution in [3.05, 3.63) is 70.9 Å². The zero-order chi connectivity index (χ0) is 15.6. The Morgan fingerprint density at radius 3 is 2.74 bits per heavy atom. The lowest BCUT2D eigenvalue weighted by atomic mass is 10.1. The minimum atomic E-state index is -0.398. The number of carbonyl (C=O) groups excluding carboxylic acids is 1. The summed E-state index contributed by atoms with van der Waals surface area (Å²) in [6.45, 7) is 0. The molecule has 0 amide bonds. The van der Waals surface area contributed by atoms with E-state index in [1.165, 1.54) is 6.08 Å². The van der Waals surface area contributed by atoms with Crippen LogP contribution >= 0.6 is 11.3 Å². The van der Waals surface area contributed by atoms with Crippen LogP contribution in [0, 0.1) is 0 Å². The van der Waals surface area contributed by atoms with Crippen molar-refractivity contribution >= 4 is 45.3 Å². The molecule has 0 fully saturated rings. The number of thiophene rings is 1. The van der Waals surface area contributed by atoms with E-state index in [0.29, 0.717) is 5.75 Å². The van der Waals surface area contributed by atoms with E-state index in [4.69, 9.17) is 9.15 Å². The summed E-state index contributed by atoms with van der Waals surface area (Å²) in [4.78, 5) is 12.9. The number of benzene rings is 2. The topological polar surface area (TPSA) is 39.4 Å². The monoisotopic (exact) mass is 320 g/mol. The van der Waals surface area contributed by atoms with Crippen LogP contribution in [0.1, 0.15) is 4.88 Å². The van der Waals surface area contributed by atoms with E-state index in [9.17, 15) is 4.79 Å². The molecule has 2 aromatic heterocycles. The predicted octanol–water partition coefficient (Wildman–Crippen LogP) is 5.27. The minimum Gasteiger partial charge on any atom is -0.456 e. The lowest BCUT2D eigenvalue weighted by molar-refractivity contribution is -0.128. The van der Waals surface area contributed by atoms with Crippen molar-refractivity contribution in [2.24, 2.45) is 0 Å². The van der Waals surface area contributed by atoms with Gasteiger partial charge in [0.1, 0.15) is 16.9 Å². The van der Waals surface area contributed by atoms with Crippen LogP contribution in [0.2, 0.25) is 0 Å². The molecule has 0 spiro atoms. The van der Waals surface area contributed by atoms with E-state index in [1.807, 2.05) is 53.9 Å². The first-order chi connectivity index (χ1) is 11.3. The fraction of sp³-hybridized carbons (Fsp3) is 0. The molecule has 0 saturated heterocycles. The highest BCUT2D eigenvalue weighted by molar-refractivity contribution is 7.10. The first-order valence-corrected chi connectivity index (χ1v) is 8.02. The molecular weight excluding hydrogens is 308 g/mol. The second kappa shape index (κ2) is 5.74. The molecule has 0 aliphatic heterocycles. The van der Waals surface area contributed by atoms with Crippen molar-refractivity contribution in [1.82, 2.24) is 0 Å². The first-order valence-electron chi connectivity index (χ1n) is 7.14.